The summed E-state index contributed by atoms with van der Waals surface area (Å²) in [5, 5.41) is 3.12. The number of ether oxygens (including phenoxy) is 1. The first-order valence-electron chi connectivity index (χ1n) is 7.32. The molecule has 0 atom stereocenters. The number of nitrogens with zero attached hydrogens (tertiary/aromatic N) is 1. The van der Waals surface area contributed by atoms with Crippen molar-refractivity contribution in [1.82, 2.24) is 4.98 Å². The maximum Gasteiger partial charge on any atom is 0.234 e. The molecule has 6 nitrogen and oxygen atoms in total. The molecule has 1 heterocycles. The van der Waals surface area contributed by atoms with Gasteiger partial charge in [-0.25, -0.2) is 13.4 Å². The molecule has 0 saturated carbocycles. The van der Waals surface area contributed by atoms with Gasteiger partial charge in [-0.3, -0.25) is 4.72 Å². The molecule has 0 saturated heterocycles. The maximum atomic E-state index is 12.1. The first-order chi connectivity index (χ1) is 11.1. The predicted molar refractivity (Wildman–Crippen MR) is 92.2 cm³/mol. The molecule has 2 N–H and O–H groups in total. The molecule has 124 valence electrons. The third-order valence-electron chi connectivity index (χ3n) is 3.16. The highest BCUT2D eigenvalue weighted by Crippen LogP contribution is 2.11. The Bertz CT molecular complexity index is 688. The van der Waals surface area contributed by atoms with Gasteiger partial charge in [-0.2, -0.15) is 0 Å². The third-order valence-corrected chi connectivity index (χ3v) is 4.42. The minimum absolute atomic E-state index is 0.0204. The smallest absolute Gasteiger partial charge is 0.234 e. The number of aromatic nitrogens is 1. The van der Waals surface area contributed by atoms with Gasteiger partial charge in [0.1, 0.15) is 5.82 Å². The number of aryl methyl sites for hydroxylation is 1. The first kappa shape index (κ1) is 17.2. The van der Waals surface area contributed by atoms with Crippen LogP contribution in [0.1, 0.15) is 5.56 Å². The number of nitrogens with one attached hydrogen (secondary N) is 2. The van der Waals surface area contributed by atoms with Gasteiger partial charge in [0.2, 0.25) is 10.0 Å². The van der Waals surface area contributed by atoms with Crippen LogP contribution >= 0.6 is 0 Å². The Morgan fingerprint density at radius 2 is 1.91 bits per heavy atom. The Hall–Kier alpha value is -2.12. The fourth-order valence-electron chi connectivity index (χ4n) is 1.96. The summed E-state index contributed by atoms with van der Waals surface area (Å²) in [6, 6.07) is 12.9. The number of hydrogen-bond donors (Lipinski definition) is 2. The van der Waals surface area contributed by atoms with Crippen molar-refractivity contribution >= 4 is 21.5 Å². The summed E-state index contributed by atoms with van der Waals surface area (Å²) in [7, 11) is -1.79. The maximum absolute atomic E-state index is 12.1. The number of methoxy groups -OCH3 is 1. The summed E-state index contributed by atoms with van der Waals surface area (Å²) >= 11 is 0. The Balaban J connectivity index is 1.87. The van der Waals surface area contributed by atoms with E-state index in [-0.39, 0.29) is 5.75 Å². The standard InChI is InChI=1S/C16H21N3O3S/c1-22-11-10-17-15-7-8-16(18-13-15)19-23(20,21)12-9-14-5-3-2-4-6-14/h2-8,13,17H,9-12H2,1H3,(H,18,19). The molecule has 2 rings (SSSR count). The van der Waals surface area contributed by atoms with Gasteiger partial charge >= 0.3 is 0 Å². The van der Waals surface area contributed by atoms with Gasteiger partial charge in [-0.05, 0) is 24.1 Å². The van der Waals surface area contributed by atoms with Crippen molar-refractivity contribution in [1.29, 1.82) is 0 Å². The summed E-state index contributed by atoms with van der Waals surface area (Å²) in [6.45, 7) is 1.26. The summed E-state index contributed by atoms with van der Waals surface area (Å²) in [5.74, 6) is 0.336. The third kappa shape index (κ3) is 6.25. The van der Waals surface area contributed by atoms with Crippen molar-refractivity contribution in [2.75, 3.05) is 36.1 Å². The molecule has 2 aromatic rings. The van der Waals surface area contributed by atoms with Crippen LogP contribution in [-0.2, 0) is 21.2 Å². The SMILES string of the molecule is COCCNc1ccc(NS(=O)(=O)CCc2ccccc2)nc1. The fraction of sp³-hybridized carbons (Fsp3) is 0.312. The van der Waals surface area contributed by atoms with Gasteiger partial charge in [-0.1, -0.05) is 30.3 Å². The predicted octanol–water partition coefficient (Wildman–Crippen LogP) is 2.12. The van der Waals surface area contributed by atoms with Crippen molar-refractivity contribution in [2.24, 2.45) is 0 Å². The second-order valence-corrected chi connectivity index (χ2v) is 6.85. The quantitative estimate of drug-likeness (QED) is 0.686. The van der Waals surface area contributed by atoms with Gasteiger partial charge in [0, 0.05) is 13.7 Å². The van der Waals surface area contributed by atoms with E-state index in [2.05, 4.69) is 15.0 Å². The number of sulfonamides is 1. The zero-order valence-electron chi connectivity index (χ0n) is 13.0. The molecule has 0 bridgehead atoms. The van der Waals surface area contributed by atoms with E-state index in [0.29, 0.717) is 25.4 Å². The van der Waals surface area contributed by atoms with E-state index >= 15 is 0 Å². The molecular formula is C16H21N3O3S. The van der Waals surface area contributed by atoms with E-state index in [4.69, 9.17) is 4.74 Å². The van der Waals surface area contributed by atoms with Crippen molar-refractivity contribution in [2.45, 2.75) is 6.42 Å². The molecule has 1 aromatic heterocycles. The lowest BCUT2D eigenvalue weighted by Gasteiger charge is -2.09. The number of hydrogen-bond acceptors (Lipinski definition) is 5. The van der Waals surface area contributed by atoms with E-state index in [9.17, 15) is 8.42 Å². The second-order valence-electron chi connectivity index (χ2n) is 5.01. The molecular weight excluding hydrogens is 314 g/mol. The lowest BCUT2D eigenvalue weighted by atomic mass is 10.2. The van der Waals surface area contributed by atoms with E-state index in [1.807, 2.05) is 30.3 Å². The molecule has 0 aliphatic carbocycles. The summed E-state index contributed by atoms with van der Waals surface area (Å²) in [6.07, 6.45) is 2.05. The van der Waals surface area contributed by atoms with E-state index < -0.39 is 10.0 Å². The minimum Gasteiger partial charge on any atom is -0.383 e. The highest BCUT2D eigenvalue weighted by molar-refractivity contribution is 7.92. The molecule has 0 unspecified atom stereocenters. The van der Waals surface area contributed by atoms with Gasteiger partial charge in [0.25, 0.3) is 0 Å². The molecule has 1 aromatic carbocycles. The average Bonchev–Trinajstić information content (AvgIpc) is 2.56. The van der Waals surface area contributed by atoms with Crippen LogP contribution < -0.4 is 10.0 Å². The number of pyridine rings is 1. The van der Waals surface area contributed by atoms with Crippen LogP contribution in [0, 0.1) is 0 Å². The Morgan fingerprint density at radius 3 is 2.57 bits per heavy atom. The van der Waals surface area contributed by atoms with Crippen molar-refractivity contribution < 1.29 is 13.2 Å². The number of rotatable bonds is 9. The van der Waals surface area contributed by atoms with Crippen LogP contribution in [0.3, 0.4) is 0 Å². The lowest BCUT2D eigenvalue weighted by Crippen LogP contribution is -2.19. The van der Waals surface area contributed by atoms with Crippen LogP contribution in [0.4, 0.5) is 11.5 Å². The Kier molecular flexibility index (Phi) is 6.37. The molecule has 23 heavy (non-hydrogen) atoms. The Labute approximate surface area is 137 Å². The van der Waals surface area contributed by atoms with E-state index in [1.165, 1.54) is 0 Å². The van der Waals surface area contributed by atoms with Crippen LogP contribution in [0.25, 0.3) is 0 Å². The van der Waals surface area contributed by atoms with Crippen LogP contribution in [0.2, 0.25) is 0 Å². The second kappa shape index (κ2) is 8.50. The number of anilines is 2. The Morgan fingerprint density at radius 1 is 1.13 bits per heavy atom. The molecule has 7 heteroatoms. The summed E-state index contributed by atoms with van der Waals surface area (Å²) in [5.41, 5.74) is 1.80. The molecule has 0 amide bonds. The molecule has 0 spiro atoms. The topological polar surface area (TPSA) is 80.3 Å². The van der Waals surface area contributed by atoms with Gasteiger partial charge < -0.3 is 10.1 Å². The van der Waals surface area contributed by atoms with Crippen LogP contribution in [0.15, 0.2) is 48.7 Å². The minimum atomic E-state index is -3.42. The van der Waals surface area contributed by atoms with Crippen LogP contribution in [-0.4, -0.2) is 39.4 Å². The summed E-state index contributed by atoms with van der Waals surface area (Å²) in [4.78, 5) is 4.10. The highest BCUT2D eigenvalue weighted by Gasteiger charge is 2.11. The van der Waals surface area contributed by atoms with Crippen molar-refractivity contribution in [3.8, 4) is 0 Å². The van der Waals surface area contributed by atoms with E-state index in [1.54, 1.807) is 25.4 Å². The normalized spacial score (nSPS) is 11.2. The average molecular weight is 335 g/mol. The zero-order chi connectivity index (χ0) is 16.5. The van der Waals surface area contributed by atoms with Gasteiger partial charge in [0.05, 0.1) is 24.2 Å². The summed E-state index contributed by atoms with van der Waals surface area (Å²) < 4.78 is 31.6. The molecule has 0 radical (unpaired) electrons. The first-order valence-corrected chi connectivity index (χ1v) is 8.97. The fourth-order valence-corrected chi connectivity index (χ4v) is 3.01. The largest absolute Gasteiger partial charge is 0.383 e. The van der Waals surface area contributed by atoms with Gasteiger partial charge in [0.15, 0.2) is 0 Å². The number of benzene rings is 1. The van der Waals surface area contributed by atoms with Crippen molar-refractivity contribution in [3.05, 3.63) is 54.2 Å². The van der Waals surface area contributed by atoms with E-state index in [0.717, 1.165) is 11.3 Å². The lowest BCUT2D eigenvalue weighted by molar-refractivity contribution is 0.211. The van der Waals surface area contributed by atoms with Gasteiger partial charge in [-0.15, -0.1) is 0 Å². The molecule has 0 fully saturated rings. The monoisotopic (exact) mass is 335 g/mol. The van der Waals surface area contributed by atoms with Crippen molar-refractivity contribution in [3.63, 3.8) is 0 Å². The van der Waals surface area contributed by atoms with Crippen LogP contribution in [0.5, 0.6) is 0 Å². The molecule has 0 aliphatic rings. The molecule has 0 aliphatic heterocycles. The highest BCUT2D eigenvalue weighted by atomic mass is 32.2. The zero-order valence-corrected chi connectivity index (χ0v) is 13.8.